The van der Waals surface area contributed by atoms with Gasteiger partial charge in [-0.1, -0.05) is 17.8 Å². The van der Waals surface area contributed by atoms with E-state index in [9.17, 15) is 22.8 Å². The molecule has 0 spiro atoms. The average molecular weight is 343 g/mol. The minimum Gasteiger partial charge on any atom is -0.326 e. The molecule has 0 aromatic heterocycles. The maximum atomic E-state index is 12.6. The van der Waals surface area contributed by atoms with Gasteiger partial charge in [0.15, 0.2) is 5.17 Å². The molecular formula is C14H12F3N3O2S. The highest BCUT2D eigenvalue weighted by Crippen LogP contribution is 2.33. The van der Waals surface area contributed by atoms with Gasteiger partial charge >= 0.3 is 6.18 Å². The first-order chi connectivity index (χ1) is 10.8. The number of amides is 2. The van der Waals surface area contributed by atoms with E-state index in [0.717, 1.165) is 12.1 Å². The van der Waals surface area contributed by atoms with Gasteiger partial charge in [0.25, 0.3) is 0 Å². The number of rotatable bonds is 3. The number of alkyl halides is 3. The monoisotopic (exact) mass is 343 g/mol. The van der Waals surface area contributed by atoms with Crippen LogP contribution in [0, 0.1) is 0 Å². The Hall–Kier alpha value is -2.03. The summed E-state index contributed by atoms with van der Waals surface area (Å²) in [4.78, 5) is 29.7. The van der Waals surface area contributed by atoms with Crippen LogP contribution < -0.4 is 5.32 Å². The van der Waals surface area contributed by atoms with Gasteiger partial charge in [-0.25, -0.2) is 0 Å². The molecule has 23 heavy (non-hydrogen) atoms. The maximum absolute atomic E-state index is 12.6. The lowest BCUT2D eigenvalue weighted by Gasteiger charge is -2.12. The van der Waals surface area contributed by atoms with Crippen LogP contribution in [0.5, 0.6) is 0 Å². The van der Waals surface area contributed by atoms with Gasteiger partial charge in [0.2, 0.25) is 11.8 Å². The molecular weight excluding hydrogens is 331 g/mol. The predicted molar refractivity (Wildman–Crippen MR) is 80.1 cm³/mol. The zero-order valence-electron chi connectivity index (χ0n) is 11.8. The Labute approximate surface area is 133 Å². The van der Waals surface area contributed by atoms with E-state index < -0.39 is 22.9 Å². The second-order valence-corrected chi connectivity index (χ2v) is 6.26. The third kappa shape index (κ3) is 3.34. The van der Waals surface area contributed by atoms with Crippen molar-refractivity contribution in [2.45, 2.75) is 17.8 Å². The lowest BCUT2D eigenvalue weighted by atomic mass is 10.2. The molecule has 0 saturated carbocycles. The molecule has 2 heterocycles. The lowest BCUT2D eigenvalue weighted by Crippen LogP contribution is -2.32. The van der Waals surface area contributed by atoms with E-state index >= 15 is 0 Å². The average Bonchev–Trinajstić information content (AvgIpc) is 3.03. The van der Waals surface area contributed by atoms with Crippen molar-refractivity contribution in [3.63, 3.8) is 0 Å². The summed E-state index contributed by atoms with van der Waals surface area (Å²) in [7, 11) is 0. The molecule has 1 fully saturated rings. The number of carbonyl (C=O) groups excluding carboxylic acids is 2. The fraction of sp³-hybridized carbons (Fsp3) is 0.357. The standard InChI is InChI=1S/C14H12F3N3O2S/c15-14(16,17)8-2-1-3-9(6-8)19-11(21)7-10-12(22)20-5-4-18-13(20)23-10/h1-3,6,10H,4-5,7H2,(H,19,21). The molecule has 2 amide bonds. The van der Waals surface area contributed by atoms with E-state index in [2.05, 4.69) is 10.3 Å². The van der Waals surface area contributed by atoms with Crippen LogP contribution >= 0.6 is 11.8 Å². The van der Waals surface area contributed by atoms with E-state index in [1.165, 1.54) is 28.8 Å². The van der Waals surface area contributed by atoms with Gasteiger partial charge < -0.3 is 5.32 Å². The number of anilines is 1. The second-order valence-electron chi connectivity index (χ2n) is 5.09. The number of carbonyl (C=O) groups is 2. The van der Waals surface area contributed by atoms with Crippen LogP contribution in [0.3, 0.4) is 0 Å². The Morgan fingerprint density at radius 1 is 1.43 bits per heavy atom. The first-order valence-electron chi connectivity index (χ1n) is 6.84. The molecule has 1 N–H and O–H groups in total. The van der Waals surface area contributed by atoms with Gasteiger partial charge in [-0.2, -0.15) is 13.2 Å². The summed E-state index contributed by atoms with van der Waals surface area (Å²) >= 11 is 1.22. The Morgan fingerprint density at radius 2 is 2.22 bits per heavy atom. The third-order valence-corrected chi connectivity index (χ3v) is 4.65. The largest absolute Gasteiger partial charge is 0.416 e. The van der Waals surface area contributed by atoms with E-state index in [4.69, 9.17) is 0 Å². The minimum absolute atomic E-state index is 0.0538. The summed E-state index contributed by atoms with van der Waals surface area (Å²) in [5.41, 5.74) is -0.783. The van der Waals surface area contributed by atoms with Crippen LogP contribution in [0.2, 0.25) is 0 Å². The van der Waals surface area contributed by atoms with Crippen LogP contribution in [-0.4, -0.2) is 40.2 Å². The van der Waals surface area contributed by atoms with Crippen molar-refractivity contribution in [3.05, 3.63) is 29.8 Å². The molecule has 1 saturated heterocycles. The number of fused-ring (bicyclic) bond motifs is 1. The molecule has 1 atom stereocenters. The number of hydrogen-bond acceptors (Lipinski definition) is 4. The number of hydrogen-bond donors (Lipinski definition) is 1. The molecule has 3 rings (SSSR count). The van der Waals surface area contributed by atoms with Gasteiger partial charge in [0.1, 0.15) is 5.25 Å². The van der Waals surface area contributed by atoms with Crippen LogP contribution in [-0.2, 0) is 15.8 Å². The first-order valence-corrected chi connectivity index (χ1v) is 7.72. The molecule has 0 radical (unpaired) electrons. The Morgan fingerprint density at radius 3 is 2.91 bits per heavy atom. The number of nitrogens with zero attached hydrogens (tertiary/aromatic N) is 2. The number of thioether (sulfide) groups is 1. The predicted octanol–water partition coefficient (Wildman–Crippen LogP) is 2.35. The normalized spacial score (nSPS) is 20.5. The van der Waals surface area contributed by atoms with Crippen molar-refractivity contribution in [2.24, 2.45) is 4.99 Å². The highest BCUT2D eigenvalue weighted by atomic mass is 32.2. The van der Waals surface area contributed by atoms with Crippen LogP contribution in [0.15, 0.2) is 29.3 Å². The van der Waals surface area contributed by atoms with Gasteiger partial charge in [0.05, 0.1) is 12.1 Å². The summed E-state index contributed by atoms with van der Waals surface area (Å²) in [5.74, 6) is -0.678. The number of amidine groups is 1. The lowest BCUT2D eigenvalue weighted by molar-refractivity contribution is -0.137. The van der Waals surface area contributed by atoms with Crippen molar-refractivity contribution in [3.8, 4) is 0 Å². The minimum atomic E-state index is -4.47. The summed E-state index contributed by atoms with van der Waals surface area (Å²) in [5, 5.41) is 2.45. The van der Waals surface area contributed by atoms with E-state index in [0.29, 0.717) is 18.3 Å². The Bertz CT molecular complexity index is 690. The summed E-state index contributed by atoms with van der Waals surface area (Å²) in [6.45, 7) is 1.09. The van der Waals surface area contributed by atoms with E-state index in [-0.39, 0.29) is 18.0 Å². The summed E-state index contributed by atoms with van der Waals surface area (Å²) in [6, 6.07) is 4.39. The van der Waals surface area contributed by atoms with Gasteiger partial charge in [-0.05, 0) is 18.2 Å². The third-order valence-electron chi connectivity index (χ3n) is 3.44. The molecule has 2 aliphatic heterocycles. The van der Waals surface area contributed by atoms with Crippen molar-refractivity contribution >= 4 is 34.4 Å². The van der Waals surface area contributed by atoms with Crippen LogP contribution in [0.4, 0.5) is 18.9 Å². The van der Waals surface area contributed by atoms with E-state index in [1.54, 1.807) is 0 Å². The quantitative estimate of drug-likeness (QED) is 0.916. The second kappa shape index (κ2) is 5.88. The highest BCUT2D eigenvalue weighted by Gasteiger charge is 2.40. The van der Waals surface area contributed by atoms with Gasteiger partial charge in [-0.3, -0.25) is 19.5 Å². The van der Waals surface area contributed by atoms with Gasteiger partial charge in [-0.15, -0.1) is 0 Å². The number of benzene rings is 1. The molecule has 9 heteroatoms. The molecule has 122 valence electrons. The SMILES string of the molecule is O=C(CC1SC2=NCCN2C1=O)Nc1cccc(C(F)(F)F)c1. The molecule has 2 aliphatic rings. The van der Waals surface area contributed by atoms with Crippen molar-refractivity contribution in [2.75, 3.05) is 18.4 Å². The van der Waals surface area contributed by atoms with Crippen LogP contribution in [0.1, 0.15) is 12.0 Å². The van der Waals surface area contributed by atoms with Gasteiger partial charge in [0, 0.05) is 18.7 Å². The molecule has 0 aliphatic carbocycles. The number of aliphatic imine (C=N–C) groups is 1. The molecule has 1 aromatic carbocycles. The smallest absolute Gasteiger partial charge is 0.326 e. The molecule has 5 nitrogen and oxygen atoms in total. The number of nitrogens with one attached hydrogen (secondary N) is 1. The fourth-order valence-corrected chi connectivity index (χ4v) is 3.56. The molecule has 0 bridgehead atoms. The zero-order valence-corrected chi connectivity index (χ0v) is 12.6. The Kier molecular flexibility index (Phi) is 4.05. The number of halogens is 3. The Balaban J connectivity index is 1.63. The van der Waals surface area contributed by atoms with Crippen molar-refractivity contribution in [1.29, 1.82) is 0 Å². The van der Waals surface area contributed by atoms with Crippen molar-refractivity contribution in [1.82, 2.24) is 4.90 Å². The topological polar surface area (TPSA) is 61.8 Å². The highest BCUT2D eigenvalue weighted by molar-refractivity contribution is 8.15. The van der Waals surface area contributed by atoms with E-state index in [1.807, 2.05) is 0 Å². The first kappa shape index (κ1) is 15.9. The fourth-order valence-electron chi connectivity index (χ4n) is 2.37. The summed E-state index contributed by atoms with van der Waals surface area (Å²) in [6.07, 6.45) is -4.57. The maximum Gasteiger partial charge on any atom is 0.416 e. The summed E-state index contributed by atoms with van der Waals surface area (Å²) < 4.78 is 37.9. The zero-order chi connectivity index (χ0) is 16.6. The van der Waals surface area contributed by atoms with Crippen molar-refractivity contribution < 1.29 is 22.8 Å². The van der Waals surface area contributed by atoms with Crippen LogP contribution in [0.25, 0.3) is 0 Å². The molecule has 1 aromatic rings. The molecule has 1 unspecified atom stereocenters.